The molecule has 1 nitrogen and oxygen atoms in total. The second kappa shape index (κ2) is 5.15. The third-order valence-electron chi connectivity index (χ3n) is 3.77. The molecule has 0 aromatic heterocycles. The summed E-state index contributed by atoms with van der Waals surface area (Å²) >= 11 is 7.03. The zero-order valence-corrected chi connectivity index (χ0v) is 13.0. The van der Waals surface area contributed by atoms with Crippen molar-refractivity contribution in [3.05, 3.63) is 0 Å². The maximum absolute atomic E-state index is 5.21. The molecule has 0 aromatic rings. The topological polar surface area (TPSA) is 3.24 Å². The summed E-state index contributed by atoms with van der Waals surface area (Å²) in [4.78, 5) is 2.28. The van der Waals surface area contributed by atoms with Gasteiger partial charge in [-0.1, -0.05) is 26.1 Å². The Kier molecular flexibility index (Phi) is 5.29. The Morgan fingerprint density at radius 3 is 1.87 bits per heavy atom. The van der Waals surface area contributed by atoms with Crippen molar-refractivity contribution in [2.45, 2.75) is 52.3 Å². The van der Waals surface area contributed by atoms with Gasteiger partial charge in [0.2, 0.25) is 0 Å². The van der Waals surface area contributed by atoms with Gasteiger partial charge in [0, 0.05) is 15.0 Å². The van der Waals surface area contributed by atoms with Gasteiger partial charge in [-0.2, -0.15) is 0 Å². The van der Waals surface area contributed by atoms with Crippen LogP contribution in [-0.4, -0.2) is 34.0 Å². The van der Waals surface area contributed by atoms with Gasteiger partial charge in [-0.15, -0.1) is 11.8 Å². The minimum absolute atomic E-state index is 0.155. The lowest BCUT2D eigenvalue weighted by Gasteiger charge is -2.47. The minimum atomic E-state index is 0.155. The molecule has 0 N–H and O–H groups in total. The number of hydrogen-bond donors (Lipinski definition) is 0. The van der Waals surface area contributed by atoms with Gasteiger partial charge in [-0.3, -0.25) is 0 Å². The molecular weight excluding hydrogens is 222 g/mol. The van der Waals surface area contributed by atoms with Gasteiger partial charge in [0.05, 0.1) is 0 Å². The SMILES string of the molecule is CC(=S)SC(C)(C)C(C)(C)C(C)N(C)C. The zero-order chi connectivity index (χ0) is 12.4. The van der Waals surface area contributed by atoms with Gasteiger partial charge in [0.1, 0.15) is 0 Å². The normalized spacial score (nSPS) is 15.5. The van der Waals surface area contributed by atoms with Crippen molar-refractivity contribution < 1.29 is 0 Å². The van der Waals surface area contributed by atoms with Crippen molar-refractivity contribution in [1.29, 1.82) is 0 Å². The van der Waals surface area contributed by atoms with Gasteiger partial charge < -0.3 is 4.90 Å². The van der Waals surface area contributed by atoms with E-state index in [0.717, 1.165) is 4.20 Å². The monoisotopic (exact) mass is 247 g/mol. The second-order valence-electron chi connectivity index (χ2n) is 5.47. The molecular formula is C12H25NS2. The van der Waals surface area contributed by atoms with E-state index in [4.69, 9.17) is 12.2 Å². The van der Waals surface area contributed by atoms with E-state index in [1.807, 2.05) is 18.7 Å². The molecule has 0 aromatic carbocycles. The van der Waals surface area contributed by atoms with Crippen LogP contribution in [0.15, 0.2) is 0 Å². The molecule has 0 saturated heterocycles. The van der Waals surface area contributed by atoms with E-state index in [2.05, 4.69) is 53.6 Å². The highest BCUT2D eigenvalue weighted by molar-refractivity contribution is 8.23. The lowest BCUT2D eigenvalue weighted by atomic mass is 9.74. The zero-order valence-electron chi connectivity index (χ0n) is 11.3. The van der Waals surface area contributed by atoms with Crippen LogP contribution in [0.3, 0.4) is 0 Å². The number of hydrogen-bond acceptors (Lipinski definition) is 3. The molecule has 0 radical (unpaired) electrons. The molecule has 90 valence electrons. The molecule has 0 amide bonds. The standard InChI is InChI=1S/C12H25NS2/c1-9(13(7)8)11(3,4)12(5,6)15-10(2)14/h9H,1-8H3. The number of thiocarbonyl (C=S) groups is 1. The van der Waals surface area contributed by atoms with Crippen LogP contribution in [-0.2, 0) is 0 Å². The molecule has 0 aliphatic heterocycles. The summed E-state index contributed by atoms with van der Waals surface area (Å²) in [7, 11) is 4.27. The third kappa shape index (κ3) is 3.72. The van der Waals surface area contributed by atoms with Crippen LogP contribution < -0.4 is 0 Å². The highest BCUT2D eigenvalue weighted by atomic mass is 32.2. The Hall–Kier alpha value is 0.400. The number of nitrogens with zero attached hydrogens (tertiary/aromatic N) is 1. The minimum Gasteiger partial charge on any atom is -0.306 e. The van der Waals surface area contributed by atoms with E-state index in [0.29, 0.717) is 6.04 Å². The molecule has 3 heteroatoms. The first-order chi connectivity index (χ1) is 6.52. The van der Waals surface area contributed by atoms with Crippen LogP contribution in [0.4, 0.5) is 0 Å². The number of rotatable bonds is 4. The van der Waals surface area contributed by atoms with Crippen LogP contribution in [0.2, 0.25) is 0 Å². The van der Waals surface area contributed by atoms with Crippen molar-refractivity contribution in [2.24, 2.45) is 5.41 Å². The maximum Gasteiger partial charge on any atom is 0.0452 e. The first-order valence-corrected chi connectivity index (χ1v) is 6.61. The predicted molar refractivity (Wildman–Crippen MR) is 76.9 cm³/mol. The molecule has 0 fully saturated rings. The maximum atomic E-state index is 5.21. The molecule has 1 atom stereocenters. The van der Waals surface area contributed by atoms with Crippen LogP contribution >= 0.6 is 24.0 Å². The van der Waals surface area contributed by atoms with Crippen molar-refractivity contribution >= 4 is 28.2 Å². The van der Waals surface area contributed by atoms with Crippen molar-refractivity contribution in [3.8, 4) is 0 Å². The average Bonchev–Trinajstić information content (AvgIpc) is 1.99. The summed E-state index contributed by atoms with van der Waals surface area (Å²) < 4.78 is 1.18. The van der Waals surface area contributed by atoms with E-state index in [9.17, 15) is 0 Å². The van der Waals surface area contributed by atoms with Crippen LogP contribution in [0.1, 0.15) is 41.5 Å². The lowest BCUT2D eigenvalue weighted by molar-refractivity contribution is 0.119. The largest absolute Gasteiger partial charge is 0.306 e. The summed E-state index contributed by atoms with van der Waals surface area (Å²) in [6.07, 6.45) is 0. The van der Waals surface area contributed by atoms with E-state index in [1.165, 1.54) is 0 Å². The molecule has 0 heterocycles. The first-order valence-electron chi connectivity index (χ1n) is 5.38. The predicted octanol–water partition coefficient (Wildman–Crippen LogP) is 3.82. The smallest absolute Gasteiger partial charge is 0.0452 e. The average molecular weight is 247 g/mol. The van der Waals surface area contributed by atoms with Gasteiger partial charge in [-0.05, 0) is 47.2 Å². The summed E-state index contributed by atoms with van der Waals surface area (Å²) in [5.41, 5.74) is 0.210. The first kappa shape index (κ1) is 15.4. The Morgan fingerprint density at radius 1 is 1.20 bits per heavy atom. The molecule has 0 bridgehead atoms. The van der Waals surface area contributed by atoms with Crippen molar-refractivity contribution in [1.82, 2.24) is 4.90 Å². The molecule has 0 rings (SSSR count). The Balaban J connectivity index is 4.90. The van der Waals surface area contributed by atoms with Gasteiger partial charge >= 0.3 is 0 Å². The van der Waals surface area contributed by atoms with Gasteiger partial charge in [-0.25, -0.2) is 0 Å². The van der Waals surface area contributed by atoms with Crippen LogP contribution in [0.25, 0.3) is 0 Å². The Bertz CT molecular complexity index is 232. The summed E-state index contributed by atoms with van der Waals surface area (Å²) in [5.74, 6) is 0. The molecule has 0 aliphatic rings. The molecule has 15 heavy (non-hydrogen) atoms. The van der Waals surface area contributed by atoms with E-state index in [1.54, 1.807) is 0 Å². The van der Waals surface area contributed by atoms with Crippen LogP contribution in [0.5, 0.6) is 0 Å². The van der Waals surface area contributed by atoms with E-state index >= 15 is 0 Å². The summed E-state index contributed by atoms with van der Waals surface area (Å²) in [6, 6.07) is 0.523. The fourth-order valence-corrected chi connectivity index (χ4v) is 3.42. The third-order valence-corrected chi connectivity index (χ3v) is 5.34. The fraction of sp³-hybridized carbons (Fsp3) is 0.917. The van der Waals surface area contributed by atoms with Crippen molar-refractivity contribution in [3.63, 3.8) is 0 Å². The fourth-order valence-electron chi connectivity index (χ4n) is 1.64. The quantitative estimate of drug-likeness (QED) is 0.695. The highest BCUT2D eigenvalue weighted by Gasteiger charge is 2.42. The van der Waals surface area contributed by atoms with E-state index in [-0.39, 0.29) is 10.2 Å². The van der Waals surface area contributed by atoms with E-state index < -0.39 is 0 Å². The van der Waals surface area contributed by atoms with Gasteiger partial charge in [0.25, 0.3) is 0 Å². The Morgan fingerprint density at radius 2 is 1.60 bits per heavy atom. The number of thioether (sulfide) groups is 1. The summed E-state index contributed by atoms with van der Waals surface area (Å²) in [6.45, 7) is 13.5. The Labute approximate surface area is 105 Å². The second-order valence-corrected chi connectivity index (χ2v) is 8.17. The highest BCUT2D eigenvalue weighted by Crippen LogP contribution is 2.45. The van der Waals surface area contributed by atoms with Crippen LogP contribution in [0, 0.1) is 5.41 Å². The molecule has 0 spiro atoms. The lowest BCUT2D eigenvalue weighted by Crippen LogP contribution is -2.50. The van der Waals surface area contributed by atoms with Crippen molar-refractivity contribution in [2.75, 3.05) is 14.1 Å². The van der Waals surface area contributed by atoms with Gasteiger partial charge in [0.15, 0.2) is 0 Å². The summed E-state index contributed by atoms with van der Waals surface area (Å²) in [5, 5.41) is 0. The molecule has 0 saturated carbocycles. The molecule has 0 aliphatic carbocycles. The molecule has 1 unspecified atom stereocenters.